The second-order valence-corrected chi connectivity index (χ2v) is 7.36. The summed E-state index contributed by atoms with van der Waals surface area (Å²) in [5.74, 6) is 0. The van der Waals surface area contributed by atoms with Gasteiger partial charge in [-0.25, -0.2) is 0 Å². The zero-order valence-corrected chi connectivity index (χ0v) is 12.9. The summed E-state index contributed by atoms with van der Waals surface area (Å²) in [5.41, 5.74) is 3.23. The standard InChI is InChI=1S/C15H12IOS/c1-10-6-7-13-12(8-10)11-4-3-5-14(15(11)17-13)18-9-16-2/h3-9H,2H2,1H3/q+1. The van der Waals surface area contributed by atoms with E-state index in [1.165, 1.54) is 21.2 Å². The molecular formula is C15H12IOS+. The summed E-state index contributed by atoms with van der Waals surface area (Å²) in [7, 11) is 0. The molecule has 0 N–H and O–H groups in total. The van der Waals surface area contributed by atoms with E-state index >= 15 is 0 Å². The Morgan fingerprint density at radius 2 is 2.11 bits per heavy atom. The van der Waals surface area contributed by atoms with E-state index in [9.17, 15) is 0 Å². The molecule has 0 radical (unpaired) electrons. The number of fused-ring (bicyclic) bond motifs is 3. The van der Waals surface area contributed by atoms with Gasteiger partial charge in [0.2, 0.25) is 14.7 Å². The van der Waals surface area contributed by atoms with Crippen molar-refractivity contribution in [2.45, 2.75) is 11.8 Å². The first kappa shape index (κ1) is 12.0. The van der Waals surface area contributed by atoms with Gasteiger partial charge in [0.1, 0.15) is 5.58 Å². The lowest BCUT2D eigenvalue weighted by atomic mass is 10.1. The third-order valence-electron chi connectivity index (χ3n) is 2.85. The summed E-state index contributed by atoms with van der Waals surface area (Å²) in [6.45, 7) is 2.11. The lowest BCUT2D eigenvalue weighted by molar-refractivity contribution is 0.660. The van der Waals surface area contributed by atoms with Gasteiger partial charge in [-0.05, 0) is 39.8 Å². The Morgan fingerprint density at radius 3 is 2.94 bits per heavy atom. The molecule has 0 aliphatic rings. The third kappa shape index (κ3) is 2.01. The minimum Gasteiger partial charge on any atom is -0.450 e. The second kappa shape index (κ2) is 4.90. The molecule has 0 amide bonds. The molecule has 18 heavy (non-hydrogen) atoms. The molecule has 0 aliphatic heterocycles. The van der Waals surface area contributed by atoms with E-state index in [1.54, 1.807) is 11.4 Å². The molecule has 0 fully saturated rings. The molecule has 0 aliphatic carbocycles. The maximum Gasteiger partial charge on any atom is 0.274 e. The minimum atomic E-state index is -0.0583. The molecule has 1 nitrogen and oxygen atoms in total. The summed E-state index contributed by atoms with van der Waals surface area (Å²) in [6.07, 6.45) is 0. The van der Waals surface area contributed by atoms with Crippen molar-refractivity contribution in [1.82, 2.24) is 0 Å². The lowest BCUT2D eigenvalue weighted by Crippen LogP contribution is -1.75. The fraction of sp³-hybridized carbons (Fsp3) is 0.0667. The van der Waals surface area contributed by atoms with Crippen LogP contribution in [0.2, 0.25) is 0 Å². The van der Waals surface area contributed by atoms with E-state index in [4.69, 9.17) is 4.42 Å². The summed E-state index contributed by atoms with van der Waals surface area (Å²) in [6, 6.07) is 12.7. The number of rotatable bonds is 2. The Balaban J connectivity index is 2.38. The summed E-state index contributed by atoms with van der Waals surface area (Å²) < 4.78 is 12.1. The molecule has 3 rings (SSSR count). The quantitative estimate of drug-likeness (QED) is 0.281. The summed E-state index contributed by atoms with van der Waals surface area (Å²) in [5, 5.41) is 2.41. The van der Waals surface area contributed by atoms with Crippen molar-refractivity contribution in [3.05, 3.63) is 42.0 Å². The highest BCUT2D eigenvalue weighted by Gasteiger charge is 2.15. The van der Waals surface area contributed by atoms with E-state index in [1.807, 2.05) is 0 Å². The summed E-state index contributed by atoms with van der Waals surface area (Å²) >= 11 is 1.68. The van der Waals surface area contributed by atoms with Crippen LogP contribution in [0, 0.1) is 6.92 Å². The highest BCUT2D eigenvalue weighted by atomic mass is 127. The molecule has 0 bridgehead atoms. The van der Waals surface area contributed by atoms with E-state index in [0.717, 1.165) is 11.2 Å². The first-order chi connectivity index (χ1) is 8.79. The van der Waals surface area contributed by atoms with Crippen molar-refractivity contribution in [2.24, 2.45) is 0 Å². The number of aryl methyl sites for hydroxylation is 1. The molecule has 3 aromatic rings. The minimum absolute atomic E-state index is 0.0583. The van der Waals surface area contributed by atoms with E-state index < -0.39 is 0 Å². The van der Waals surface area contributed by atoms with Gasteiger partial charge in [-0.3, -0.25) is 0 Å². The maximum atomic E-state index is 5.99. The Bertz CT molecular complexity index is 771. The monoisotopic (exact) mass is 367 g/mol. The highest BCUT2D eigenvalue weighted by Crippen LogP contribution is 2.31. The average molecular weight is 367 g/mol. The Labute approximate surface area is 120 Å². The molecule has 0 saturated carbocycles. The first-order valence-corrected chi connectivity index (χ1v) is 9.22. The third-order valence-corrected chi connectivity index (χ3v) is 5.48. The SMILES string of the molecule is C=IC=[S+]c1cccc2c1oc1ccc(C)cc12. The largest absolute Gasteiger partial charge is 0.450 e. The van der Waals surface area contributed by atoms with Gasteiger partial charge in [-0.1, -0.05) is 28.3 Å². The molecule has 2 aromatic carbocycles. The van der Waals surface area contributed by atoms with Crippen LogP contribution in [0.25, 0.3) is 21.9 Å². The van der Waals surface area contributed by atoms with Crippen LogP contribution < -0.4 is 0 Å². The fourth-order valence-corrected chi connectivity index (χ4v) is 3.99. The lowest BCUT2D eigenvalue weighted by Gasteiger charge is -1.90. The van der Waals surface area contributed by atoms with Crippen LogP contribution in [-0.4, -0.2) is 7.89 Å². The van der Waals surface area contributed by atoms with E-state index in [-0.39, 0.29) is 20.7 Å². The van der Waals surface area contributed by atoms with Gasteiger partial charge in [0.05, 0.1) is 0 Å². The second-order valence-electron chi connectivity index (χ2n) is 4.10. The van der Waals surface area contributed by atoms with Crippen molar-refractivity contribution in [2.75, 3.05) is 0 Å². The van der Waals surface area contributed by atoms with Crippen molar-refractivity contribution >= 4 is 61.9 Å². The van der Waals surface area contributed by atoms with Gasteiger partial charge in [-0.15, -0.1) is 0 Å². The zero-order valence-electron chi connectivity index (χ0n) is 9.94. The number of para-hydroxylation sites is 1. The van der Waals surface area contributed by atoms with Crippen molar-refractivity contribution in [3.63, 3.8) is 0 Å². The molecule has 90 valence electrons. The van der Waals surface area contributed by atoms with Crippen LogP contribution >= 0.6 is 20.7 Å². The van der Waals surface area contributed by atoms with Crippen LogP contribution in [0.4, 0.5) is 0 Å². The number of halogens is 1. The summed E-state index contributed by atoms with van der Waals surface area (Å²) in [4.78, 5) is 1.18. The predicted molar refractivity (Wildman–Crippen MR) is 91.3 cm³/mol. The van der Waals surface area contributed by atoms with Gasteiger partial charge in [0, 0.05) is 16.8 Å². The highest BCUT2D eigenvalue weighted by molar-refractivity contribution is 14.2. The predicted octanol–water partition coefficient (Wildman–Crippen LogP) is 4.50. The van der Waals surface area contributed by atoms with E-state index in [2.05, 4.69) is 51.2 Å². The molecule has 3 heteroatoms. The van der Waals surface area contributed by atoms with Crippen molar-refractivity contribution < 1.29 is 4.42 Å². The fourth-order valence-electron chi connectivity index (χ4n) is 2.06. The van der Waals surface area contributed by atoms with Gasteiger partial charge < -0.3 is 4.42 Å². The van der Waals surface area contributed by atoms with Crippen LogP contribution in [0.15, 0.2) is 45.7 Å². The molecule has 0 atom stereocenters. The number of benzene rings is 2. The van der Waals surface area contributed by atoms with Crippen LogP contribution in [0.5, 0.6) is 0 Å². The number of hydrogen-bond acceptors (Lipinski definition) is 1. The van der Waals surface area contributed by atoms with Crippen molar-refractivity contribution in [3.8, 4) is 0 Å². The van der Waals surface area contributed by atoms with Gasteiger partial charge in [0.15, 0.2) is 5.58 Å². The number of furan rings is 1. The van der Waals surface area contributed by atoms with Gasteiger partial charge in [-0.2, -0.15) is 0 Å². The Hall–Kier alpha value is -1.07. The zero-order chi connectivity index (χ0) is 12.5. The normalized spacial score (nSPS) is 11.8. The van der Waals surface area contributed by atoms with Crippen molar-refractivity contribution in [1.29, 1.82) is 0 Å². The number of hydrogen-bond donors (Lipinski definition) is 0. The maximum absolute atomic E-state index is 5.99. The van der Waals surface area contributed by atoms with Crippen LogP contribution in [0.3, 0.4) is 0 Å². The Morgan fingerprint density at radius 1 is 1.22 bits per heavy atom. The Kier molecular flexibility index (Phi) is 3.26. The van der Waals surface area contributed by atoms with Gasteiger partial charge in [0.25, 0.3) is 4.90 Å². The van der Waals surface area contributed by atoms with Crippen LogP contribution in [-0.2, 0) is 11.4 Å². The van der Waals surface area contributed by atoms with E-state index in [0.29, 0.717) is 0 Å². The topological polar surface area (TPSA) is 13.1 Å². The molecular weight excluding hydrogens is 355 g/mol. The smallest absolute Gasteiger partial charge is 0.274 e. The van der Waals surface area contributed by atoms with Gasteiger partial charge >= 0.3 is 0 Å². The molecule has 0 spiro atoms. The van der Waals surface area contributed by atoms with Crippen LogP contribution in [0.1, 0.15) is 5.56 Å². The molecule has 0 unspecified atom stereocenters. The molecule has 0 saturated heterocycles. The first-order valence-electron chi connectivity index (χ1n) is 5.57. The average Bonchev–Trinajstić information content (AvgIpc) is 2.75. The molecule has 1 heterocycles. The molecule has 1 aromatic heterocycles.